The van der Waals surface area contributed by atoms with Crippen molar-refractivity contribution in [2.45, 2.75) is 6.54 Å². The molecule has 1 heterocycles. The molecule has 0 aliphatic carbocycles. The molecule has 0 unspecified atom stereocenters. The monoisotopic (exact) mass is 346 g/mol. The van der Waals surface area contributed by atoms with Crippen LogP contribution in [-0.4, -0.2) is 4.98 Å². The van der Waals surface area contributed by atoms with Gasteiger partial charge in [-0.1, -0.05) is 29.8 Å². The molecule has 0 aliphatic rings. The van der Waals surface area contributed by atoms with E-state index in [0.717, 1.165) is 27.1 Å². The van der Waals surface area contributed by atoms with Crippen molar-refractivity contribution in [2.24, 2.45) is 0 Å². The van der Waals surface area contributed by atoms with E-state index in [0.29, 0.717) is 0 Å². The lowest BCUT2D eigenvalue weighted by Crippen LogP contribution is -2.00. The molecule has 2 nitrogen and oxygen atoms in total. The van der Waals surface area contributed by atoms with Gasteiger partial charge in [-0.3, -0.25) is 4.98 Å². The van der Waals surface area contributed by atoms with Crippen LogP contribution in [0.15, 0.2) is 59.3 Å². The first kappa shape index (κ1) is 13.4. The largest absolute Gasteiger partial charge is 0.380 e. The van der Waals surface area contributed by atoms with Gasteiger partial charge in [0, 0.05) is 34.5 Å². The topological polar surface area (TPSA) is 24.9 Å². The van der Waals surface area contributed by atoms with Gasteiger partial charge in [-0.15, -0.1) is 0 Å². The highest BCUT2D eigenvalue weighted by Crippen LogP contribution is 2.25. The highest BCUT2D eigenvalue weighted by Gasteiger charge is 2.02. The highest BCUT2D eigenvalue weighted by molar-refractivity contribution is 9.10. The molecule has 0 aliphatic heterocycles. The summed E-state index contributed by atoms with van der Waals surface area (Å²) in [6.07, 6.45) is 3.69. The van der Waals surface area contributed by atoms with Crippen LogP contribution in [0.1, 0.15) is 5.56 Å². The molecule has 3 rings (SSSR count). The summed E-state index contributed by atoms with van der Waals surface area (Å²) >= 11 is 9.44. The molecule has 0 spiro atoms. The molecule has 3 aromatic rings. The third kappa shape index (κ3) is 2.79. The molecule has 2 aromatic carbocycles. The van der Waals surface area contributed by atoms with Crippen LogP contribution in [0.5, 0.6) is 0 Å². The number of fused-ring (bicyclic) bond motifs is 1. The van der Waals surface area contributed by atoms with Crippen molar-refractivity contribution in [2.75, 3.05) is 5.32 Å². The van der Waals surface area contributed by atoms with E-state index in [2.05, 4.69) is 38.4 Å². The summed E-state index contributed by atoms with van der Waals surface area (Å²) in [4.78, 5) is 4.19. The minimum absolute atomic E-state index is 0.725. The zero-order valence-corrected chi connectivity index (χ0v) is 12.9. The first-order valence-corrected chi connectivity index (χ1v) is 7.42. The Labute approximate surface area is 130 Å². The molecule has 0 radical (unpaired) electrons. The molecule has 0 fully saturated rings. The zero-order valence-electron chi connectivity index (χ0n) is 10.6. The number of benzene rings is 2. The molecule has 100 valence electrons. The molecule has 1 N–H and O–H groups in total. The van der Waals surface area contributed by atoms with Crippen molar-refractivity contribution in [3.8, 4) is 0 Å². The number of nitrogens with one attached hydrogen (secondary N) is 1. The van der Waals surface area contributed by atoms with Crippen LogP contribution in [-0.2, 0) is 6.54 Å². The molecule has 0 amide bonds. The summed E-state index contributed by atoms with van der Waals surface area (Å²) < 4.78 is 0.915. The van der Waals surface area contributed by atoms with Gasteiger partial charge < -0.3 is 5.32 Å². The van der Waals surface area contributed by atoms with Crippen molar-refractivity contribution in [3.05, 3.63) is 69.9 Å². The highest BCUT2D eigenvalue weighted by atomic mass is 79.9. The van der Waals surface area contributed by atoms with E-state index in [4.69, 9.17) is 11.6 Å². The van der Waals surface area contributed by atoms with Gasteiger partial charge in [0.25, 0.3) is 0 Å². The average molecular weight is 348 g/mol. The number of anilines is 1. The Balaban J connectivity index is 1.85. The van der Waals surface area contributed by atoms with Crippen LogP contribution < -0.4 is 5.32 Å². The third-order valence-electron chi connectivity index (χ3n) is 3.15. The number of hydrogen-bond acceptors (Lipinski definition) is 2. The summed E-state index contributed by atoms with van der Waals surface area (Å²) in [6.45, 7) is 0.740. The van der Waals surface area contributed by atoms with Gasteiger partial charge in [-0.05, 0) is 51.1 Å². The fraction of sp³-hybridized carbons (Fsp3) is 0.0625. The first-order chi connectivity index (χ1) is 9.74. The average Bonchev–Trinajstić information content (AvgIpc) is 2.48. The number of rotatable bonds is 3. The molecular weight excluding hydrogens is 336 g/mol. The second-order valence-corrected chi connectivity index (χ2v) is 5.77. The maximum Gasteiger partial charge on any atom is 0.0548 e. The van der Waals surface area contributed by atoms with Crippen LogP contribution in [0, 0.1) is 0 Å². The normalized spacial score (nSPS) is 10.7. The van der Waals surface area contributed by atoms with Gasteiger partial charge in [0.1, 0.15) is 0 Å². The van der Waals surface area contributed by atoms with E-state index in [1.54, 1.807) is 0 Å². The summed E-state index contributed by atoms with van der Waals surface area (Å²) in [5.41, 5.74) is 2.25. The SMILES string of the molecule is Clc1ccc(CNc2cccc3ccncc23)cc1Br. The Bertz CT molecular complexity index is 753. The Kier molecular flexibility index (Phi) is 3.90. The quantitative estimate of drug-likeness (QED) is 0.699. The summed E-state index contributed by atoms with van der Waals surface area (Å²) in [5.74, 6) is 0. The van der Waals surface area contributed by atoms with Crippen LogP contribution in [0.4, 0.5) is 5.69 Å². The van der Waals surface area contributed by atoms with Gasteiger partial charge in [0.2, 0.25) is 0 Å². The maximum atomic E-state index is 6.00. The van der Waals surface area contributed by atoms with E-state index in [9.17, 15) is 0 Å². The van der Waals surface area contributed by atoms with Crippen LogP contribution >= 0.6 is 27.5 Å². The fourth-order valence-electron chi connectivity index (χ4n) is 2.11. The van der Waals surface area contributed by atoms with E-state index < -0.39 is 0 Å². The van der Waals surface area contributed by atoms with Crippen molar-refractivity contribution in [3.63, 3.8) is 0 Å². The van der Waals surface area contributed by atoms with E-state index in [1.807, 2.05) is 42.7 Å². The number of halogens is 2. The number of aromatic nitrogens is 1. The predicted octanol–water partition coefficient (Wildman–Crippen LogP) is 5.26. The minimum atomic E-state index is 0.725. The maximum absolute atomic E-state index is 6.00. The van der Waals surface area contributed by atoms with Crippen LogP contribution in [0.3, 0.4) is 0 Å². The van der Waals surface area contributed by atoms with Crippen LogP contribution in [0.25, 0.3) is 10.8 Å². The zero-order chi connectivity index (χ0) is 13.9. The van der Waals surface area contributed by atoms with Crippen molar-refractivity contribution < 1.29 is 0 Å². The predicted molar refractivity (Wildman–Crippen MR) is 88.2 cm³/mol. The third-order valence-corrected chi connectivity index (χ3v) is 4.36. The molecule has 4 heteroatoms. The van der Waals surface area contributed by atoms with Crippen LogP contribution in [0.2, 0.25) is 5.02 Å². The van der Waals surface area contributed by atoms with E-state index >= 15 is 0 Å². The summed E-state index contributed by atoms with van der Waals surface area (Å²) in [5, 5.41) is 6.48. The number of hydrogen-bond donors (Lipinski definition) is 1. The first-order valence-electron chi connectivity index (χ1n) is 6.24. The Morgan fingerprint density at radius 1 is 1.15 bits per heavy atom. The van der Waals surface area contributed by atoms with Crippen molar-refractivity contribution >= 4 is 44.0 Å². The van der Waals surface area contributed by atoms with Gasteiger partial charge in [0.15, 0.2) is 0 Å². The fourth-order valence-corrected chi connectivity index (χ4v) is 2.66. The molecular formula is C16H12BrClN2. The summed E-state index contributed by atoms with van der Waals surface area (Å²) in [6, 6.07) is 14.1. The van der Waals surface area contributed by atoms with E-state index in [-0.39, 0.29) is 0 Å². The van der Waals surface area contributed by atoms with Gasteiger partial charge in [-0.25, -0.2) is 0 Å². The lowest BCUT2D eigenvalue weighted by atomic mass is 10.1. The standard InChI is InChI=1S/C16H12BrClN2/c17-14-8-11(4-5-15(14)18)9-20-16-3-1-2-12-6-7-19-10-13(12)16/h1-8,10,20H,9H2. The minimum Gasteiger partial charge on any atom is -0.380 e. The molecule has 0 atom stereocenters. The molecule has 1 aromatic heterocycles. The lowest BCUT2D eigenvalue weighted by molar-refractivity contribution is 1.15. The second-order valence-electron chi connectivity index (χ2n) is 4.50. The number of pyridine rings is 1. The van der Waals surface area contributed by atoms with Crippen molar-refractivity contribution in [1.82, 2.24) is 4.98 Å². The summed E-state index contributed by atoms with van der Waals surface area (Å²) in [7, 11) is 0. The van der Waals surface area contributed by atoms with Gasteiger partial charge in [0.05, 0.1) is 5.02 Å². The smallest absolute Gasteiger partial charge is 0.0548 e. The molecule has 0 saturated carbocycles. The molecule has 0 saturated heterocycles. The second kappa shape index (κ2) is 5.81. The van der Waals surface area contributed by atoms with Crippen molar-refractivity contribution in [1.29, 1.82) is 0 Å². The number of nitrogens with zero attached hydrogens (tertiary/aromatic N) is 1. The Morgan fingerprint density at radius 3 is 2.90 bits per heavy atom. The lowest BCUT2D eigenvalue weighted by Gasteiger charge is -2.10. The van der Waals surface area contributed by atoms with Gasteiger partial charge >= 0.3 is 0 Å². The molecule has 20 heavy (non-hydrogen) atoms. The molecule has 0 bridgehead atoms. The van der Waals surface area contributed by atoms with Gasteiger partial charge in [-0.2, -0.15) is 0 Å². The Morgan fingerprint density at radius 2 is 2.05 bits per heavy atom. The Hall–Kier alpha value is -1.58. The van der Waals surface area contributed by atoms with E-state index in [1.165, 1.54) is 10.9 Å².